The van der Waals surface area contributed by atoms with E-state index in [2.05, 4.69) is 26.1 Å². The molecule has 0 bridgehead atoms. The van der Waals surface area contributed by atoms with Crippen LogP contribution in [0, 0.1) is 5.41 Å². The molecule has 0 saturated carbocycles. The Bertz CT molecular complexity index is 513. The maximum atomic E-state index is 6.06. The van der Waals surface area contributed by atoms with Gasteiger partial charge in [-0.3, -0.25) is 0 Å². The molecule has 0 fully saturated rings. The molecule has 0 amide bonds. The van der Waals surface area contributed by atoms with Crippen LogP contribution in [0.25, 0.3) is 11.5 Å². The van der Waals surface area contributed by atoms with E-state index in [4.69, 9.17) is 14.7 Å². The van der Waals surface area contributed by atoms with Gasteiger partial charge < -0.3 is 14.7 Å². The SMILES string of the molecule is CC(C)(C)C(N)c1noc(-c2ccoc2Br)n1. The molecule has 2 N–H and O–H groups in total. The molecular weight excluding hydrogens is 286 g/mol. The Morgan fingerprint density at radius 3 is 2.65 bits per heavy atom. The monoisotopic (exact) mass is 299 g/mol. The van der Waals surface area contributed by atoms with Gasteiger partial charge in [0.2, 0.25) is 0 Å². The van der Waals surface area contributed by atoms with Gasteiger partial charge >= 0.3 is 0 Å². The van der Waals surface area contributed by atoms with E-state index in [1.165, 1.54) is 0 Å². The number of nitrogens with two attached hydrogens (primary N) is 1. The van der Waals surface area contributed by atoms with Gasteiger partial charge in [0.25, 0.3) is 5.89 Å². The van der Waals surface area contributed by atoms with Gasteiger partial charge in [0, 0.05) is 0 Å². The van der Waals surface area contributed by atoms with E-state index in [0.717, 1.165) is 5.56 Å². The zero-order valence-electron chi connectivity index (χ0n) is 9.90. The normalized spacial score (nSPS) is 13.9. The van der Waals surface area contributed by atoms with Crippen molar-refractivity contribution in [3.8, 4) is 11.5 Å². The lowest BCUT2D eigenvalue weighted by Crippen LogP contribution is -2.27. The number of hydrogen-bond donors (Lipinski definition) is 1. The van der Waals surface area contributed by atoms with Crippen LogP contribution in [0.1, 0.15) is 32.6 Å². The molecule has 2 rings (SSSR count). The predicted molar refractivity (Wildman–Crippen MR) is 66.1 cm³/mol. The van der Waals surface area contributed by atoms with Crippen molar-refractivity contribution in [1.82, 2.24) is 10.1 Å². The Morgan fingerprint density at radius 2 is 2.12 bits per heavy atom. The van der Waals surface area contributed by atoms with E-state index in [-0.39, 0.29) is 11.5 Å². The maximum Gasteiger partial charge on any atom is 0.262 e. The fourth-order valence-electron chi connectivity index (χ4n) is 1.30. The van der Waals surface area contributed by atoms with E-state index in [1.807, 2.05) is 20.8 Å². The van der Waals surface area contributed by atoms with Crippen LogP contribution in [-0.4, -0.2) is 10.1 Å². The third kappa shape index (κ3) is 2.42. The lowest BCUT2D eigenvalue weighted by molar-refractivity contribution is 0.303. The number of halogens is 1. The fourth-order valence-corrected chi connectivity index (χ4v) is 1.71. The van der Waals surface area contributed by atoms with Crippen molar-refractivity contribution < 1.29 is 8.94 Å². The minimum Gasteiger partial charge on any atom is -0.457 e. The smallest absolute Gasteiger partial charge is 0.262 e. The summed E-state index contributed by atoms with van der Waals surface area (Å²) in [6.07, 6.45) is 1.55. The second-order valence-corrected chi connectivity index (χ2v) is 5.63. The van der Waals surface area contributed by atoms with Crippen molar-refractivity contribution in [1.29, 1.82) is 0 Å². The van der Waals surface area contributed by atoms with Gasteiger partial charge in [0.15, 0.2) is 10.5 Å². The van der Waals surface area contributed by atoms with Crippen molar-refractivity contribution in [2.24, 2.45) is 11.1 Å². The molecule has 2 heterocycles. The molecule has 0 aliphatic rings. The number of rotatable bonds is 2. The Balaban J connectivity index is 2.31. The Hall–Kier alpha value is -1.14. The average Bonchev–Trinajstić information content (AvgIpc) is 2.83. The van der Waals surface area contributed by atoms with Gasteiger partial charge in [0.05, 0.1) is 17.9 Å². The summed E-state index contributed by atoms with van der Waals surface area (Å²) in [6, 6.07) is 1.48. The van der Waals surface area contributed by atoms with E-state index >= 15 is 0 Å². The second kappa shape index (κ2) is 4.27. The second-order valence-electron chi connectivity index (χ2n) is 4.91. The molecule has 92 valence electrons. The van der Waals surface area contributed by atoms with Gasteiger partial charge in [-0.1, -0.05) is 25.9 Å². The standard InChI is InChI=1S/C11H14BrN3O2/c1-11(2,3)7(13)9-14-10(17-15-9)6-4-5-16-8(6)12/h4-5,7H,13H2,1-3H3. The Labute approximate surface area is 107 Å². The minimum absolute atomic E-state index is 0.116. The molecule has 17 heavy (non-hydrogen) atoms. The lowest BCUT2D eigenvalue weighted by atomic mass is 9.87. The van der Waals surface area contributed by atoms with Crippen LogP contribution in [0.5, 0.6) is 0 Å². The van der Waals surface area contributed by atoms with Crippen molar-refractivity contribution in [3.05, 3.63) is 22.8 Å². The van der Waals surface area contributed by atoms with Gasteiger partial charge in [0.1, 0.15) is 0 Å². The van der Waals surface area contributed by atoms with Crippen LogP contribution in [-0.2, 0) is 0 Å². The molecule has 0 aromatic carbocycles. The van der Waals surface area contributed by atoms with Crippen LogP contribution < -0.4 is 5.73 Å². The molecule has 0 radical (unpaired) electrons. The number of hydrogen-bond acceptors (Lipinski definition) is 5. The van der Waals surface area contributed by atoms with E-state index in [1.54, 1.807) is 12.3 Å². The zero-order valence-corrected chi connectivity index (χ0v) is 11.5. The lowest BCUT2D eigenvalue weighted by Gasteiger charge is -2.23. The quantitative estimate of drug-likeness (QED) is 0.921. The Morgan fingerprint density at radius 1 is 1.41 bits per heavy atom. The summed E-state index contributed by atoms with van der Waals surface area (Å²) in [5, 5.41) is 3.91. The first kappa shape index (κ1) is 12.3. The molecule has 2 aromatic heterocycles. The molecule has 1 atom stereocenters. The van der Waals surface area contributed by atoms with Crippen LogP contribution in [0.15, 0.2) is 25.9 Å². The molecule has 1 unspecified atom stereocenters. The topological polar surface area (TPSA) is 78.1 Å². The highest BCUT2D eigenvalue weighted by Crippen LogP contribution is 2.32. The largest absolute Gasteiger partial charge is 0.457 e. The molecule has 0 aliphatic carbocycles. The fraction of sp³-hybridized carbons (Fsp3) is 0.455. The minimum atomic E-state index is -0.273. The van der Waals surface area contributed by atoms with Gasteiger partial charge in [-0.2, -0.15) is 4.98 Å². The average molecular weight is 300 g/mol. The molecule has 0 aliphatic heterocycles. The van der Waals surface area contributed by atoms with E-state index in [9.17, 15) is 0 Å². The molecule has 6 heteroatoms. The highest BCUT2D eigenvalue weighted by atomic mass is 79.9. The highest BCUT2D eigenvalue weighted by Gasteiger charge is 2.27. The van der Waals surface area contributed by atoms with Gasteiger partial charge in [-0.15, -0.1) is 0 Å². The molecular formula is C11H14BrN3O2. The molecule has 2 aromatic rings. The van der Waals surface area contributed by atoms with Crippen molar-refractivity contribution in [2.45, 2.75) is 26.8 Å². The number of aromatic nitrogens is 2. The van der Waals surface area contributed by atoms with Crippen molar-refractivity contribution in [3.63, 3.8) is 0 Å². The maximum absolute atomic E-state index is 6.06. The summed E-state index contributed by atoms with van der Waals surface area (Å²) in [4.78, 5) is 4.29. The molecule has 0 saturated heterocycles. The van der Waals surface area contributed by atoms with E-state index in [0.29, 0.717) is 16.4 Å². The number of furan rings is 1. The molecule has 0 spiro atoms. The third-order valence-corrected chi connectivity index (χ3v) is 3.12. The van der Waals surface area contributed by atoms with Gasteiger partial charge in [-0.25, -0.2) is 0 Å². The van der Waals surface area contributed by atoms with E-state index < -0.39 is 0 Å². The third-order valence-electron chi connectivity index (χ3n) is 2.50. The summed E-state index contributed by atoms with van der Waals surface area (Å²) in [5.74, 6) is 0.904. The van der Waals surface area contributed by atoms with Crippen molar-refractivity contribution in [2.75, 3.05) is 0 Å². The zero-order chi connectivity index (χ0) is 12.6. The van der Waals surface area contributed by atoms with Crippen molar-refractivity contribution >= 4 is 15.9 Å². The summed E-state index contributed by atoms with van der Waals surface area (Å²) in [5.41, 5.74) is 6.67. The summed E-state index contributed by atoms with van der Waals surface area (Å²) >= 11 is 3.26. The first-order valence-electron chi connectivity index (χ1n) is 5.22. The first-order chi connectivity index (χ1) is 7.89. The summed E-state index contributed by atoms with van der Waals surface area (Å²) in [7, 11) is 0. The van der Waals surface area contributed by atoms with Crippen LogP contribution in [0.2, 0.25) is 0 Å². The first-order valence-corrected chi connectivity index (χ1v) is 6.01. The summed E-state index contributed by atoms with van der Waals surface area (Å²) in [6.45, 7) is 6.09. The summed E-state index contributed by atoms with van der Waals surface area (Å²) < 4.78 is 10.9. The van der Waals surface area contributed by atoms with Crippen LogP contribution in [0.4, 0.5) is 0 Å². The molecule has 5 nitrogen and oxygen atoms in total. The van der Waals surface area contributed by atoms with Gasteiger partial charge in [-0.05, 0) is 27.4 Å². The van der Waals surface area contributed by atoms with Crippen LogP contribution >= 0.6 is 15.9 Å². The highest BCUT2D eigenvalue weighted by molar-refractivity contribution is 9.10. The number of nitrogens with zero attached hydrogens (tertiary/aromatic N) is 2. The Kier molecular flexibility index (Phi) is 3.09. The van der Waals surface area contributed by atoms with Crippen LogP contribution in [0.3, 0.4) is 0 Å². The predicted octanol–water partition coefficient (Wildman–Crippen LogP) is 3.14.